The van der Waals surface area contributed by atoms with Crippen LogP contribution in [0.3, 0.4) is 0 Å². The van der Waals surface area contributed by atoms with E-state index >= 15 is 0 Å². The van der Waals surface area contributed by atoms with Gasteiger partial charge in [-0.3, -0.25) is 19.2 Å². The number of hydrogen-bond donors (Lipinski definition) is 3. The maximum Gasteiger partial charge on any atom is 0.408 e. The summed E-state index contributed by atoms with van der Waals surface area (Å²) < 4.78 is 9.80. The molecule has 0 saturated carbocycles. The molecule has 0 aromatic heterocycles. The third kappa shape index (κ3) is 9.26. The maximum absolute atomic E-state index is 13.6. The Bertz CT molecular complexity index is 956. The highest BCUT2D eigenvalue weighted by atomic mass is 16.6. The minimum absolute atomic E-state index is 0.0494. The van der Waals surface area contributed by atoms with Crippen LogP contribution in [0.25, 0.3) is 0 Å². The Kier molecular flexibility index (Phi) is 10.7. The molecule has 2 atom stereocenters. The van der Waals surface area contributed by atoms with Crippen LogP contribution in [0.1, 0.15) is 56.8 Å². The van der Waals surface area contributed by atoms with Crippen molar-refractivity contribution in [2.75, 3.05) is 20.2 Å². The van der Waals surface area contributed by atoms with Gasteiger partial charge in [0, 0.05) is 6.54 Å². The zero-order valence-electron chi connectivity index (χ0n) is 21.4. The van der Waals surface area contributed by atoms with Crippen molar-refractivity contribution in [1.29, 1.82) is 0 Å². The van der Waals surface area contributed by atoms with Crippen molar-refractivity contribution in [3.63, 3.8) is 0 Å². The summed E-state index contributed by atoms with van der Waals surface area (Å²) in [5.41, 5.74) is 6.59. The number of carbonyl (C=O) groups is 5. The number of ether oxygens (including phenoxy) is 2. The van der Waals surface area contributed by atoms with Crippen molar-refractivity contribution >= 4 is 29.8 Å². The van der Waals surface area contributed by atoms with Gasteiger partial charge in [-0.25, -0.2) is 4.79 Å². The van der Waals surface area contributed by atoms with Crippen molar-refractivity contribution in [1.82, 2.24) is 15.5 Å². The van der Waals surface area contributed by atoms with Crippen LogP contribution in [0, 0.1) is 13.8 Å². The third-order valence-corrected chi connectivity index (χ3v) is 4.94. The quantitative estimate of drug-likeness (QED) is 0.415. The second-order valence-electron chi connectivity index (χ2n) is 9.05. The van der Waals surface area contributed by atoms with Crippen molar-refractivity contribution < 1.29 is 33.4 Å². The number of alkyl carbamates (subject to hydrolysis) is 1. The number of rotatable bonds is 10. The first-order valence-corrected chi connectivity index (χ1v) is 11.2. The lowest BCUT2D eigenvalue weighted by Crippen LogP contribution is -2.54. The van der Waals surface area contributed by atoms with Gasteiger partial charge in [-0.2, -0.15) is 0 Å². The molecule has 0 spiro atoms. The van der Waals surface area contributed by atoms with E-state index in [-0.39, 0.29) is 6.54 Å². The number of carbonyl (C=O) groups excluding carboxylic acids is 5. The minimum atomic E-state index is -1.37. The molecule has 0 aliphatic rings. The van der Waals surface area contributed by atoms with Crippen LogP contribution in [0.5, 0.6) is 0 Å². The van der Waals surface area contributed by atoms with Gasteiger partial charge in [0.2, 0.25) is 17.7 Å². The van der Waals surface area contributed by atoms with Crippen LogP contribution in [-0.2, 0) is 28.7 Å². The molecular formula is C24H36N4O7. The van der Waals surface area contributed by atoms with Gasteiger partial charge in [-0.15, -0.1) is 0 Å². The normalized spacial score (nSPS) is 12.7. The number of benzene rings is 1. The first kappa shape index (κ1) is 29.4. The molecule has 0 saturated heterocycles. The smallest absolute Gasteiger partial charge is 0.408 e. The van der Waals surface area contributed by atoms with Gasteiger partial charge in [-0.05, 0) is 52.7 Å². The minimum Gasteiger partial charge on any atom is -0.468 e. The molecule has 4 N–H and O–H groups in total. The number of aryl methyl sites for hydroxylation is 2. The van der Waals surface area contributed by atoms with Gasteiger partial charge in [0.25, 0.3) is 0 Å². The van der Waals surface area contributed by atoms with Gasteiger partial charge < -0.3 is 30.7 Å². The van der Waals surface area contributed by atoms with Crippen molar-refractivity contribution in [2.24, 2.45) is 5.73 Å². The van der Waals surface area contributed by atoms with Crippen LogP contribution >= 0.6 is 0 Å². The van der Waals surface area contributed by atoms with Crippen molar-refractivity contribution in [3.05, 3.63) is 34.9 Å². The summed E-state index contributed by atoms with van der Waals surface area (Å²) in [4.78, 5) is 63.8. The summed E-state index contributed by atoms with van der Waals surface area (Å²) in [5.74, 6) is -2.83. The van der Waals surface area contributed by atoms with E-state index in [4.69, 9.17) is 10.5 Å². The number of primary amides is 1. The maximum atomic E-state index is 13.6. The molecular weight excluding hydrogens is 456 g/mol. The SMILES string of the molecule is CCN(C(=O)C(CC(N)=O)NC(=O)OC(C)(C)C)C(C(=O)NCC(=O)OC)c1cc(C)ccc1C. The highest BCUT2D eigenvalue weighted by Gasteiger charge is 2.37. The van der Waals surface area contributed by atoms with Crippen LogP contribution in [0.4, 0.5) is 4.79 Å². The highest BCUT2D eigenvalue weighted by molar-refractivity contribution is 5.95. The van der Waals surface area contributed by atoms with E-state index in [1.807, 2.05) is 19.1 Å². The predicted octanol–water partition coefficient (Wildman–Crippen LogP) is 1.25. The van der Waals surface area contributed by atoms with Gasteiger partial charge in [0.15, 0.2) is 0 Å². The van der Waals surface area contributed by atoms with Gasteiger partial charge in [0.05, 0.1) is 13.5 Å². The summed E-state index contributed by atoms with van der Waals surface area (Å²) >= 11 is 0. The van der Waals surface area contributed by atoms with E-state index in [2.05, 4.69) is 15.4 Å². The lowest BCUT2D eigenvalue weighted by molar-refractivity contribution is -0.145. The predicted molar refractivity (Wildman–Crippen MR) is 128 cm³/mol. The topological polar surface area (TPSA) is 157 Å². The van der Waals surface area contributed by atoms with E-state index in [1.165, 1.54) is 12.0 Å². The fourth-order valence-electron chi connectivity index (χ4n) is 3.35. The molecule has 0 radical (unpaired) electrons. The van der Waals surface area contributed by atoms with Gasteiger partial charge in [0.1, 0.15) is 24.2 Å². The second kappa shape index (κ2) is 12.7. The second-order valence-corrected chi connectivity index (χ2v) is 9.05. The zero-order chi connectivity index (χ0) is 26.9. The van der Waals surface area contributed by atoms with E-state index in [0.29, 0.717) is 5.56 Å². The van der Waals surface area contributed by atoms with Crippen LogP contribution in [-0.4, -0.2) is 66.5 Å². The lowest BCUT2D eigenvalue weighted by Gasteiger charge is -2.34. The Morgan fingerprint density at radius 2 is 1.74 bits per heavy atom. The van der Waals surface area contributed by atoms with Crippen LogP contribution in [0.2, 0.25) is 0 Å². The lowest BCUT2D eigenvalue weighted by atomic mass is 9.96. The van der Waals surface area contributed by atoms with Gasteiger partial charge in [-0.1, -0.05) is 23.8 Å². The molecule has 4 amide bonds. The first-order chi connectivity index (χ1) is 16.2. The Morgan fingerprint density at radius 1 is 1.11 bits per heavy atom. The summed E-state index contributed by atoms with van der Waals surface area (Å²) in [5, 5.41) is 4.88. The Labute approximate surface area is 205 Å². The number of nitrogens with one attached hydrogen (secondary N) is 2. The Morgan fingerprint density at radius 3 is 2.26 bits per heavy atom. The molecule has 11 heteroatoms. The Balaban J connectivity index is 3.44. The number of nitrogens with two attached hydrogens (primary N) is 1. The monoisotopic (exact) mass is 492 g/mol. The van der Waals surface area contributed by atoms with Crippen molar-refractivity contribution in [3.8, 4) is 0 Å². The average molecular weight is 493 g/mol. The summed E-state index contributed by atoms with van der Waals surface area (Å²) in [7, 11) is 1.19. The number of likely N-dealkylation sites (N-methyl/N-ethyl adjacent to an activating group) is 1. The fraction of sp³-hybridized carbons (Fsp3) is 0.542. The average Bonchev–Trinajstić information content (AvgIpc) is 2.74. The fourth-order valence-corrected chi connectivity index (χ4v) is 3.35. The Hall–Kier alpha value is -3.63. The number of nitrogens with zero attached hydrogens (tertiary/aromatic N) is 1. The number of methoxy groups -OCH3 is 1. The van der Waals surface area contributed by atoms with E-state index in [0.717, 1.165) is 11.1 Å². The van der Waals surface area contributed by atoms with E-state index in [1.54, 1.807) is 40.7 Å². The van der Waals surface area contributed by atoms with E-state index < -0.39 is 60.4 Å². The summed E-state index contributed by atoms with van der Waals surface area (Å²) in [6.45, 7) is 9.88. The largest absolute Gasteiger partial charge is 0.468 e. The molecule has 35 heavy (non-hydrogen) atoms. The zero-order valence-corrected chi connectivity index (χ0v) is 21.4. The molecule has 1 aromatic rings. The number of hydrogen-bond acceptors (Lipinski definition) is 7. The standard InChI is InChI=1S/C24H36N4O7/c1-8-28(22(32)17(12-18(25)29)27-23(33)35-24(4,5)6)20(21(31)26-13-19(30)34-7)16-11-14(2)9-10-15(16)3/h9-11,17,20H,8,12-13H2,1-7H3,(H2,25,29)(H,26,31)(H,27,33). The summed E-state index contributed by atoms with van der Waals surface area (Å²) in [6, 6.07) is 2.90. The van der Waals surface area contributed by atoms with Gasteiger partial charge >= 0.3 is 12.1 Å². The molecule has 1 aromatic carbocycles. The highest BCUT2D eigenvalue weighted by Crippen LogP contribution is 2.27. The molecule has 194 valence electrons. The molecule has 0 heterocycles. The van der Waals surface area contributed by atoms with Crippen LogP contribution in [0.15, 0.2) is 18.2 Å². The number of esters is 1. The van der Waals surface area contributed by atoms with E-state index in [9.17, 15) is 24.0 Å². The molecule has 11 nitrogen and oxygen atoms in total. The first-order valence-electron chi connectivity index (χ1n) is 11.2. The third-order valence-electron chi connectivity index (χ3n) is 4.94. The molecule has 1 rings (SSSR count). The van der Waals surface area contributed by atoms with Crippen LogP contribution < -0.4 is 16.4 Å². The molecule has 2 unspecified atom stereocenters. The molecule has 0 aliphatic heterocycles. The molecule has 0 fully saturated rings. The molecule has 0 aliphatic carbocycles. The number of amides is 4. The van der Waals surface area contributed by atoms with Crippen molar-refractivity contribution in [2.45, 2.75) is 65.6 Å². The summed E-state index contributed by atoms with van der Waals surface area (Å²) in [6.07, 6.45) is -1.41. The molecule has 0 bridgehead atoms.